The van der Waals surface area contributed by atoms with E-state index in [4.69, 9.17) is 4.74 Å². The van der Waals surface area contributed by atoms with Gasteiger partial charge >= 0.3 is 12.3 Å². The van der Waals surface area contributed by atoms with Crippen molar-refractivity contribution < 1.29 is 45.5 Å². The Labute approximate surface area is 314 Å². The summed E-state index contributed by atoms with van der Waals surface area (Å²) >= 11 is 0. The molecule has 3 heterocycles. The topological polar surface area (TPSA) is 154 Å². The third-order valence-corrected chi connectivity index (χ3v) is 14.1. The molecule has 1 aromatic rings. The molecule has 12 nitrogen and oxygen atoms in total. The van der Waals surface area contributed by atoms with Crippen molar-refractivity contribution in [2.24, 2.45) is 11.8 Å². The molecular weight excluding hydrogens is 728 g/mol. The van der Waals surface area contributed by atoms with Gasteiger partial charge in [0.15, 0.2) is 0 Å². The quantitative estimate of drug-likeness (QED) is 0.346. The molecule has 1 aromatic carbocycles. The molecular formula is C38H50F3N5O7S. The molecule has 16 heteroatoms. The van der Waals surface area contributed by atoms with Crippen LogP contribution in [0.5, 0.6) is 0 Å². The van der Waals surface area contributed by atoms with Crippen LogP contribution >= 0.6 is 0 Å². The second-order valence-electron chi connectivity index (χ2n) is 16.1. The number of alkyl halides is 3. The number of halogens is 3. The lowest BCUT2D eigenvalue weighted by atomic mass is 9.82. The van der Waals surface area contributed by atoms with Gasteiger partial charge in [0.25, 0.3) is 5.91 Å². The number of carbonyl (C=O) groups is 4. The number of fused-ring (bicyclic) bond motifs is 3. The fourth-order valence-electron chi connectivity index (χ4n) is 8.92. The zero-order valence-electron chi connectivity index (χ0n) is 30.4. The maximum Gasteiger partial charge on any atom is 0.410 e. The average Bonchev–Trinajstić information content (AvgIpc) is 4.02. The van der Waals surface area contributed by atoms with Crippen LogP contribution in [0.4, 0.5) is 18.0 Å². The molecule has 296 valence electrons. The summed E-state index contributed by atoms with van der Waals surface area (Å²) in [6, 6.07) is 1.31. The molecule has 0 aromatic heterocycles. The standard InChI is InChI=1S/C38H50F3N5O7S/c1-2-26-19-37(26,35(49)44-54(51,52)28-16-17-28)43-33(47)30-18-27-21-46(30)34(48)32(24-11-6-3-7-12-24)42-31(38(39,40)41)15-8-4-5-10-23-13-9-14-25-20-45(22-29(23)25)36(50)53-27/h2,9,13-14,24,26-28,30-32,42H,1,3-8,10-12,15-22H2,(H,43,47)(H,44,49)/t26-,27?,30-,31?,32-,37+/m0/s1. The van der Waals surface area contributed by atoms with Gasteiger partial charge in [-0.15, -0.1) is 6.58 Å². The molecule has 3 saturated carbocycles. The first-order valence-corrected chi connectivity index (χ1v) is 20.9. The van der Waals surface area contributed by atoms with Crippen molar-refractivity contribution in [2.45, 2.75) is 144 Å². The Kier molecular flexibility index (Phi) is 10.8. The van der Waals surface area contributed by atoms with E-state index in [1.54, 1.807) is 4.90 Å². The summed E-state index contributed by atoms with van der Waals surface area (Å²) in [5, 5.41) is 4.75. The predicted octanol–water partition coefficient (Wildman–Crippen LogP) is 4.36. The summed E-state index contributed by atoms with van der Waals surface area (Å²) in [4.78, 5) is 58.9. The molecule has 6 aliphatic rings. The van der Waals surface area contributed by atoms with Crippen molar-refractivity contribution in [3.05, 3.63) is 47.5 Å². The fourth-order valence-corrected chi connectivity index (χ4v) is 10.3. The second kappa shape index (κ2) is 15.1. The normalized spacial score (nSPS) is 31.3. The minimum absolute atomic E-state index is 0.0738. The van der Waals surface area contributed by atoms with E-state index in [9.17, 15) is 40.8 Å². The number of hydrogen-bond acceptors (Lipinski definition) is 8. The van der Waals surface area contributed by atoms with Gasteiger partial charge < -0.3 is 15.0 Å². The van der Waals surface area contributed by atoms with E-state index in [2.05, 4.69) is 21.9 Å². The lowest BCUT2D eigenvalue weighted by molar-refractivity contribution is -0.164. The van der Waals surface area contributed by atoms with Crippen molar-refractivity contribution in [2.75, 3.05) is 6.54 Å². The number of sulfonamides is 1. The Hall–Kier alpha value is -3.66. The maximum absolute atomic E-state index is 14.7. The van der Waals surface area contributed by atoms with Crippen LogP contribution in [0, 0.1) is 11.8 Å². The third kappa shape index (κ3) is 8.00. The smallest absolute Gasteiger partial charge is 0.410 e. The molecule has 0 spiro atoms. The van der Waals surface area contributed by atoms with Crippen LogP contribution in [0.25, 0.3) is 0 Å². The monoisotopic (exact) mass is 777 g/mol. The van der Waals surface area contributed by atoms with Gasteiger partial charge in [0.05, 0.1) is 17.8 Å². The van der Waals surface area contributed by atoms with Crippen LogP contribution in [0.3, 0.4) is 0 Å². The molecule has 0 radical (unpaired) electrons. The van der Waals surface area contributed by atoms with Gasteiger partial charge in [-0.1, -0.05) is 56.4 Å². The summed E-state index contributed by atoms with van der Waals surface area (Å²) in [7, 11) is -3.96. The Balaban J connectivity index is 1.19. The van der Waals surface area contributed by atoms with Crippen molar-refractivity contribution >= 4 is 33.8 Å². The van der Waals surface area contributed by atoms with Gasteiger partial charge in [-0.3, -0.25) is 29.3 Å². The first-order chi connectivity index (χ1) is 25.7. The van der Waals surface area contributed by atoms with E-state index >= 15 is 0 Å². The Morgan fingerprint density at radius 2 is 1.69 bits per heavy atom. The largest absolute Gasteiger partial charge is 0.444 e. The van der Waals surface area contributed by atoms with Gasteiger partial charge in [0.2, 0.25) is 21.8 Å². The van der Waals surface area contributed by atoms with Crippen LogP contribution in [0.15, 0.2) is 30.9 Å². The molecule has 2 unspecified atom stereocenters. The first-order valence-electron chi connectivity index (χ1n) is 19.4. The third-order valence-electron chi connectivity index (χ3n) is 12.3. The predicted molar refractivity (Wildman–Crippen MR) is 191 cm³/mol. The van der Waals surface area contributed by atoms with Crippen LogP contribution < -0.4 is 15.4 Å². The molecule has 4 fully saturated rings. The molecule has 3 aliphatic carbocycles. The number of aryl methyl sites for hydroxylation is 1. The SMILES string of the molecule is C=C[C@H]1C[C@]1(NC(=O)[C@@H]1CC2CN1C(=O)[C@H](C1CCCCC1)NC(C(F)(F)F)CCCCCc1cccc3c1CN(C3)C(=O)O2)C(=O)NS(=O)(=O)C1CC1. The number of hydrogen-bond donors (Lipinski definition) is 3. The van der Waals surface area contributed by atoms with E-state index in [-0.39, 0.29) is 32.2 Å². The highest BCUT2D eigenvalue weighted by atomic mass is 32.2. The minimum atomic E-state index is -4.64. The Morgan fingerprint density at radius 3 is 2.37 bits per heavy atom. The summed E-state index contributed by atoms with van der Waals surface area (Å²) in [6.45, 7) is 4.11. The molecule has 4 amide bonds. The van der Waals surface area contributed by atoms with Gasteiger partial charge in [-0.25, -0.2) is 13.2 Å². The number of nitrogens with one attached hydrogen (secondary N) is 3. The molecule has 3 N–H and O–H groups in total. The first kappa shape index (κ1) is 38.6. The highest BCUT2D eigenvalue weighted by molar-refractivity contribution is 7.91. The zero-order valence-corrected chi connectivity index (χ0v) is 31.2. The molecule has 3 aliphatic heterocycles. The number of carbonyl (C=O) groups excluding carboxylic acids is 4. The average molecular weight is 778 g/mol. The highest BCUT2D eigenvalue weighted by Gasteiger charge is 2.62. The van der Waals surface area contributed by atoms with Crippen molar-refractivity contribution in [1.82, 2.24) is 25.2 Å². The summed E-state index contributed by atoms with van der Waals surface area (Å²) in [5.74, 6) is -3.40. The lowest BCUT2D eigenvalue weighted by Crippen LogP contribution is -2.61. The van der Waals surface area contributed by atoms with Gasteiger partial charge in [-0.2, -0.15) is 13.2 Å². The fraction of sp³-hybridized carbons (Fsp3) is 0.684. The molecule has 7 rings (SSSR count). The van der Waals surface area contributed by atoms with Crippen LogP contribution in [0.1, 0.15) is 100 Å². The minimum Gasteiger partial charge on any atom is -0.444 e. The van der Waals surface area contributed by atoms with E-state index in [0.29, 0.717) is 58.0 Å². The van der Waals surface area contributed by atoms with Crippen molar-refractivity contribution in [3.8, 4) is 0 Å². The molecule has 1 saturated heterocycles. The number of nitrogens with zero attached hydrogens (tertiary/aromatic N) is 2. The van der Waals surface area contributed by atoms with Gasteiger partial charge in [0.1, 0.15) is 23.7 Å². The van der Waals surface area contributed by atoms with Crippen LogP contribution in [-0.2, 0) is 48.7 Å². The van der Waals surface area contributed by atoms with Gasteiger partial charge in [0, 0.05) is 25.4 Å². The second-order valence-corrected chi connectivity index (χ2v) is 18.0. The van der Waals surface area contributed by atoms with E-state index in [1.165, 1.54) is 11.0 Å². The summed E-state index contributed by atoms with van der Waals surface area (Å²) < 4.78 is 77.5. The maximum atomic E-state index is 14.7. The van der Waals surface area contributed by atoms with Crippen LogP contribution in [0.2, 0.25) is 0 Å². The highest BCUT2D eigenvalue weighted by Crippen LogP contribution is 2.46. The number of rotatable bonds is 7. The number of ether oxygens (including phenoxy) is 1. The van der Waals surface area contributed by atoms with Crippen molar-refractivity contribution in [1.29, 1.82) is 0 Å². The molecule has 6 atom stereocenters. The molecule has 4 bridgehead atoms. The Morgan fingerprint density at radius 1 is 0.981 bits per heavy atom. The number of amides is 4. The number of benzene rings is 1. The van der Waals surface area contributed by atoms with E-state index in [0.717, 1.165) is 36.0 Å². The lowest BCUT2D eigenvalue weighted by Gasteiger charge is -2.37. The summed E-state index contributed by atoms with van der Waals surface area (Å²) in [5.41, 5.74) is 1.36. The Bertz CT molecular complexity index is 1760. The summed E-state index contributed by atoms with van der Waals surface area (Å²) in [6.07, 6.45) is 1.38. The van der Waals surface area contributed by atoms with Gasteiger partial charge in [-0.05, 0) is 74.0 Å². The van der Waals surface area contributed by atoms with E-state index < -0.39 is 86.9 Å². The van der Waals surface area contributed by atoms with Crippen molar-refractivity contribution in [3.63, 3.8) is 0 Å². The zero-order chi connectivity index (χ0) is 38.4. The molecule has 54 heavy (non-hydrogen) atoms. The van der Waals surface area contributed by atoms with Crippen LogP contribution in [-0.4, -0.2) is 89.8 Å². The van der Waals surface area contributed by atoms with E-state index in [1.807, 2.05) is 18.2 Å².